The summed E-state index contributed by atoms with van der Waals surface area (Å²) in [5, 5.41) is 15.4. The van der Waals surface area contributed by atoms with Crippen LogP contribution in [-0.2, 0) is 0 Å². The van der Waals surface area contributed by atoms with Crippen LogP contribution in [0, 0.1) is 5.92 Å². The van der Waals surface area contributed by atoms with Gasteiger partial charge in [0.15, 0.2) is 0 Å². The van der Waals surface area contributed by atoms with Gasteiger partial charge in [-0.05, 0) is 25.2 Å². The number of aliphatic hydroxyl groups is 1. The molecule has 0 aromatic carbocycles. The predicted octanol–water partition coefficient (Wildman–Crippen LogP) is 1.80. The lowest BCUT2D eigenvalue weighted by Gasteiger charge is -2.21. The molecule has 1 rings (SSSR count). The third-order valence-corrected chi connectivity index (χ3v) is 3.38. The Bertz CT molecular complexity index is 266. The molecule has 98 valence electrons. The summed E-state index contributed by atoms with van der Waals surface area (Å²) in [6.45, 7) is 4.34. The fourth-order valence-corrected chi connectivity index (χ4v) is 1.83. The molecular weight excluding hydrogens is 216 g/mol. The van der Waals surface area contributed by atoms with Crippen molar-refractivity contribution in [1.82, 2.24) is 10.6 Å². The number of rotatable bonds is 5. The molecule has 0 aromatic heterocycles. The molecule has 3 N–H and O–H groups in total. The van der Waals surface area contributed by atoms with E-state index in [1.54, 1.807) is 0 Å². The molecule has 2 amide bonds. The van der Waals surface area contributed by atoms with E-state index in [0.717, 1.165) is 25.7 Å². The normalized spacial score (nSPS) is 22.9. The Morgan fingerprint density at radius 1 is 1.53 bits per heavy atom. The first kappa shape index (κ1) is 14.0. The van der Waals surface area contributed by atoms with E-state index >= 15 is 0 Å². The maximum Gasteiger partial charge on any atom is 0.315 e. The standard InChI is InChI=1S/C13H24N2O2/c1-3-10(2)12(16)9-14-13(17)15-11-7-5-4-6-8-11/h4-5,10-12,16H,3,6-9H2,1-2H3,(H2,14,15,17). The second kappa shape index (κ2) is 7.33. The first-order chi connectivity index (χ1) is 8.13. The molecule has 4 nitrogen and oxygen atoms in total. The number of hydrogen-bond acceptors (Lipinski definition) is 2. The Balaban J connectivity index is 2.18. The molecule has 0 radical (unpaired) electrons. The van der Waals surface area contributed by atoms with Crippen LogP contribution in [0.1, 0.15) is 39.5 Å². The van der Waals surface area contributed by atoms with Gasteiger partial charge in [-0.3, -0.25) is 0 Å². The van der Waals surface area contributed by atoms with Gasteiger partial charge in [0.05, 0.1) is 6.10 Å². The molecule has 1 aliphatic carbocycles. The maximum absolute atomic E-state index is 11.6. The van der Waals surface area contributed by atoms with Gasteiger partial charge in [-0.1, -0.05) is 32.4 Å². The van der Waals surface area contributed by atoms with E-state index in [2.05, 4.69) is 22.8 Å². The molecule has 0 heterocycles. The zero-order valence-corrected chi connectivity index (χ0v) is 10.8. The number of aliphatic hydroxyl groups excluding tert-OH is 1. The van der Waals surface area contributed by atoms with Crippen molar-refractivity contribution in [3.05, 3.63) is 12.2 Å². The third kappa shape index (κ3) is 5.22. The van der Waals surface area contributed by atoms with Crippen molar-refractivity contribution in [2.75, 3.05) is 6.54 Å². The van der Waals surface area contributed by atoms with Crippen LogP contribution in [0.5, 0.6) is 0 Å². The highest BCUT2D eigenvalue weighted by atomic mass is 16.3. The van der Waals surface area contributed by atoms with Crippen molar-refractivity contribution >= 4 is 6.03 Å². The summed E-state index contributed by atoms with van der Waals surface area (Å²) in [7, 11) is 0. The van der Waals surface area contributed by atoms with Crippen LogP contribution in [0.15, 0.2) is 12.2 Å². The van der Waals surface area contributed by atoms with Crippen LogP contribution < -0.4 is 10.6 Å². The lowest BCUT2D eigenvalue weighted by Crippen LogP contribution is -2.45. The van der Waals surface area contributed by atoms with Crippen molar-refractivity contribution in [3.63, 3.8) is 0 Å². The summed E-state index contributed by atoms with van der Waals surface area (Å²) in [4.78, 5) is 11.6. The number of hydrogen-bond donors (Lipinski definition) is 3. The van der Waals surface area contributed by atoms with Crippen molar-refractivity contribution in [3.8, 4) is 0 Å². The highest BCUT2D eigenvalue weighted by Gasteiger charge is 2.15. The Morgan fingerprint density at radius 2 is 2.29 bits per heavy atom. The van der Waals surface area contributed by atoms with Crippen LogP contribution in [0.3, 0.4) is 0 Å². The number of carbonyl (C=O) groups is 1. The van der Waals surface area contributed by atoms with E-state index in [0.29, 0.717) is 6.54 Å². The molecule has 0 spiro atoms. The van der Waals surface area contributed by atoms with E-state index in [1.807, 2.05) is 13.8 Å². The van der Waals surface area contributed by atoms with Gasteiger partial charge in [0.25, 0.3) is 0 Å². The summed E-state index contributed by atoms with van der Waals surface area (Å²) >= 11 is 0. The van der Waals surface area contributed by atoms with Crippen LogP contribution in [0.4, 0.5) is 4.79 Å². The zero-order chi connectivity index (χ0) is 12.7. The van der Waals surface area contributed by atoms with Gasteiger partial charge in [-0.15, -0.1) is 0 Å². The van der Waals surface area contributed by atoms with Crippen molar-refractivity contribution < 1.29 is 9.90 Å². The summed E-state index contributed by atoms with van der Waals surface area (Å²) in [5.41, 5.74) is 0. The van der Waals surface area contributed by atoms with Gasteiger partial charge in [-0.25, -0.2) is 4.79 Å². The van der Waals surface area contributed by atoms with Crippen molar-refractivity contribution in [2.24, 2.45) is 5.92 Å². The second-order valence-corrected chi connectivity index (χ2v) is 4.79. The summed E-state index contributed by atoms with van der Waals surface area (Å²) < 4.78 is 0. The fraction of sp³-hybridized carbons (Fsp3) is 0.769. The average Bonchev–Trinajstić information content (AvgIpc) is 2.36. The van der Waals surface area contributed by atoms with Gasteiger partial charge in [0.2, 0.25) is 0 Å². The van der Waals surface area contributed by atoms with Gasteiger partial charge in [0.1, 0.15) is 0 Å². The van der Waals surface area contributed by atoms with Gasteiger partial charge < -0.3 is 15.7 Å². The van der Waals surface area contributed by atoms with Gasteiger partial charge in [-0.2, -0.15) is 0 Å². The maximum atomic E-state index is 11.6. The minimum Gasteiger partial charge on any atom is -0.391 e. The molecule has 17 heavy (non-hydrogen) atoms. The number of amides is 2. The molecule has 0 aromatic rings. The van der Waals surface area contributed by atoms with E-state index in [4.69, 9.17) is 0 Å². The molecule has 0 bridgehead atoms. The highest BCUT2D eigenvalue weighted by molar-refractivity contribution is 5.74. The molecule has 1 aliphatic rings. The van der Waals surface area contributed by atoms with Crippen molar-refractivity contribution in [1.29, 1.82) is 0 Å². The molecule has 4 heteroatoms. The SMILES string of the molecule is CCC(C)C(O)CNC(=O)NC1CC=CCC1. The number of urea groups is 1. The quantitative estimate of drug-likeness (QED) is 0.642. The molecule has 0 saturated carbocycles. The molecule has 0 saturated heterocycles. The Morgan fingerprint density at radius 3 is 2.88 bits per heavy atom. The summed E-state index contributed by atoms with van der Waals surface area (Å²) in [6.07, 6.45) is 7.62. The van der Waals surface area contributed by atoms with Gasteiger partial charge in [0, 0.05) is 12.6 Å². The topological polar surface area (TPSA) is 61.4 Å². The summed E-state index contributed by atoms with van der Waals surface area (Å²) in [6, 6.07) is 0.0633. The number of nitrogens with one attached hydrogen (secondary N) is 2. The smallest absolute Gasteiger partial charge is 0.315 e. The Labute approximate surface area is 103 Å². The lowest BCUT2D eigenvalue weighted by molar-refractivity contribution is 0.114. The minimum absolute atomic E-state index is 0.173. The van der Waals surface area contributed by atoms with Crippen molar-refractivity contribution in [2.45, 2.75) is 51.7 Å². The summed E-state index contributed by atoms with van der Waals surface area (Å²) in [5.74, 6) is 0.216. The highest BCUT2D eigenvalue weighted by Crippen LogP contribution is 2.10. The lowest BCUT2D eigenvalue weighted by atomic mass is 10.0. The first-order valence-electron chi connectivity index (χ1n) is 6.51. The predicted molar refractivity (Wildman–Crippen MR) is 68.8 cm³/mol. The molecule has 0 fully saturated rings. The molecule has 3 unspecified atom stereocenters. The Hall–Kier alpha value is -1.03. The average molecular weight is 240 g/mol. The first-order valence-corrected chi connectivity index (χ1v) is 6.51. The third-order valence-electron chi connectivity index (χ3n) is 3.38. The number of allylic oxidation sites excluding steroid dienone is 1. The minimum atomic E-state index is -0.461. The van der Waals surface area contributed by atoms with E-state index in [-0.39, 0.29) is 18.0 Å². The van der Waals surface area contributed by atoms with Gasteiger partial charge >= 0.3 is 6.03 Å². The monoisotopic (exact) mass is 240 g/mol. The fourth-order valence-electron chi connectivity index (χ4n) is 1.83. The van der Waals surface area contributed by atoms with E-state index in [1.165, 1.54) is 0 Å². The van der Waals surface area contributed by atoms with Crippen LogP contribution in [-0.4, -0.2) is 29.8 Å². The van der Waals surface area contributed by atoms with Crippen LogP contribution >= 0.6 is 0 Å². The zero-order valence-electron chi connectivity index (χ0n) is 10.8. The molecule has 3 atom stereocenters. The van der Waals surface area contributed by atoms with E-state index in [9.17, 15) is 9.90 Å². The molecular formula is C13H24N2O2. The molecule has 0 aliphatic heterocycles. The second-order valence-electron chi connectivity index (χ2n) is 4.79. The van der Waals surface area contributed by atoms with Crippen LogP contribution in [0.2, 0.25) is 0 Å². The van der Waals surface area contributed by atoms with Crippen LogP contribution in [0.25, 0.3) is 0 Å². The number of carbonyl (C=O) groups excluding carboxylic acids is 1. The largest absolute Gasteiger partial charge is 0.391 e. The van der Waals surface area contributed by atoms with E-state index < -0.39 is 6.10 Å². The Kier molecular flexibility index (Phi) is 6.05.